The van der Waals surface area contributed by atoms with Crippen LogP contribution < -0.4 is 4.74 Å². The van der Waals surface area contributed by atoms with Gasteiger partial charge in [-0.05, 0) is 48.6 Å². The summed E-state index contributed by atoms with van der Waals surface area (Å²) in [5.41, 5.74) is 3.66. The Labute approximate surface area is 202 Å². The van der Waals surface area contributed by atoms with E-state index in [4.69, 9.17) is 9.47 Å². The van der Waals surface area contributed by atoms with Crippen molar-refractivity contribution in [3.63, 3.8) is 0 Å². The van der Waals surface area contributed by atoms with Crippen molar-refractivity contribution >= 4 is 11.8 Å². The van der Waals surface area contributed by atoms with Gasteiger partial charge < -0.3 is 9.47 Å². The molecule has 0 aliphatic rings. The zero-order chi connectivity index (χ0) is 24.2. The lowest BCUT2D eigenvalue weighted by molar-refractivity contribution is -0.147. The normalized spacial score (nSPS) is 11.6. The van der Waals surface area contributed by atoms with Crippen molar-refractivity contribution in [2.45, 2.75) is 65.1 Å². The molecule has 3 aromatic rings. The molecule has 3 rings (SSSR count). The average Bonchev–Trinajstić information content (AvgIpc) is 2.86. The summed E-state index contributed by atoms with van der Waals surface area (Å²) >= 11 is 0. The van der Waals surface area contributed by atoms with Gasteiger partial charge in [0.25, 0.3) is 0 Å². The molecular formula is C30H34O4. The fraction of sp³-hybridized carbons (Fsp3) is 0.333. The number of benzene rings is 3. The van der Waals surface area contributed by atoms with Gasteiger partial charge in [0, 0.05) is 5.56 Å². The number of hydrogen-bond donors (Lipinski definition) is 0. The second kappa shape index (κ2) is 13.3. The van der Waals surface area contributed by atoms with E-state index in [-0.39, 0.29) is 18.3 Å². The summed E-state index contributed by atoms with van der Waals surface area (Å²) in [5.74, 6) is 0.125. The molecule has 0 radical (unpaired) electrons. The second-order valence-corrected chi connectivity index (χ2v) is 8.63. The number of rotatable bonds is 13. The van der Waals surface area contributed by atoms with Crippen molar-refractivity contribution in [2.75, 3.05) is 0 Å². The van der Waals surface area contributed by atoms with Crippen LogP contribution >= 0.6 is 0 Å². The van der Waals surface area contributed by atoms with E-state index >= 15 is 0 Å². The molecule has 0 aromatic heterocycles. The highest BCUT2D eigenvalue weighted by atomic mass is 16.5. The maximum absolute atomic E-state index is 12.5. The molecule has 3 aromatic carbocycles. The molecule has 0 aliphatic carbocycles. The van der Waals surface area contributed by atoms with Crippen LogP contribution in [-0.4, -0.2) is 17.9 Å². The predicted octanol–water partition coefficient (Wildman–Crippen LogP) is 7.41. The lowest BCUT2D eigenvalue weighted by Crippen LogP contribution is -2.18. The molecule has 0 spiro atoms. The highest BCUT2D eigenvalue weighted by Gasteiger charge is 2.16. The molecule has 0 bridgehead atoms. The third-order valence-corrected chi connectivity index (χ3v) is 5.74. The minimum absolute atomic E-state index is 0.154. The lowest BCUT2D eigenvalue weighted by Gasteiger charge is -2.13. The van der Waals surface area contributed by atoms with Crippen LogP contribution in [0.3, 0.4) is 0 Å². The first-order valence-corrected chi connectivity index (χ1v) is 12.1. The minimum atomic E-state index is -0.455. The van der Waals surface area contributed by atoms with E-state index in [1.54, 1.807) is 12.1 Å². The molecule has 4 nitrogen and oxygen atoms in total. The molecule has 0 saturated carbocycles. The van der Waals surface area contributed by atoms with E-state index in [2.05, 4.69) is 6.92 Å². The molecule has 4 heteroatoms. The van der Waals surface area contributed by atoms with Crippen molar-refractivity contribution < 1.29 is 19.1 Å². The van der Waals surface area contributed by atoms with Crippen molar-refractivity contribution in [3.8, 4) is 16.9 Å². The van der Waals surface area contributed by atoms with Crippen LogP contribution in [0.25, 0.3) is 11.1 Å². The third-order valence-electron chi connectivity index (χ3n) is 5.74. The maximum atomic E-state index is 12.5. The molecule has 34 heavy (non-hydrogen) atoms. The van der Waals surface area contributed by atoms with Crippen LogP contribution in [0.4, 0.5) is 0 Å². The fourth-order valence-electron chi connectivity index (χ4n) is 3.75. The number of unbranched alkanes of at least 4 members (excludes halogenated alkanes) is 3. The Balaban J connectivity index is 1.48. The van der Waals surface area contributed by atoms with Crippen LogP contribution in [0, 0.1) is 0 Å². The van der Waals surface area contributed by atoms with Crippen LogP contribution in [0.5, 0.6) is 5.75 Å². The Kier molecular flexibility index (Phi) is 9.90. The zero-order valence-electron chi connectivity index (χ0n) is 20.2. The van der Waals surface area contributed by atoms with Gasteiger partial charge in [0.15, 0.2) is 5.78 Å². The van der Waals surface area contributed by atoms with E-state index in [1.807, 2.05) is 73.7 Å². The Bertz CT molecular complexity index is 1020. The Hall–Kier alpha value is -3.40. The molecule has 0 heterocycles. The number of esters is 1. The third kappa shape index (κ3) is 8.18. The Morgan fingerprint density at radius 3 is 2.09 bits per heavy atom. The second-order valence-electron chi connectivity index (χ2n) is 8.63. The average molecular weight is 459 g/mol. The van der Waals surface area contributed by atoms with Crippen LogP contribution in [0.1, 0.15) is 68.3 Å². The number of ether oxygens (including phenoxy) is 2. The van der Waals surface area contributed by atoms with Gasteiger partial charge in [0.1, 0.15) is 18.8 Å². The first-order chi connectivity index (χ1) is 16.5. The monoisotopic (exact) mass is 458 g/mol. The molecule has 0 saturated heterocycles. The fourth-order valence-corrected chi connectivity index (χ4v) is 3.75. The van der Waals surface area contributed by atoms with Crippen molar-refractivity contribution in [1.82, 2.24) is 0 Å². The summed E-state index contributed by atoms with van der Waals surface area (Å²) in [5, 5.41) is 0. The van der Waals surface area contributed by atoms with Gasteiger partial charge in [-0.25, -0.2) is 0 Å². The standard InChI is InChI=1S/C30H34O4/c1-3-4-5-7-10-23(2)34-30(32)21-29(31)27-15-13-25(14-16-27)26-17-19-28(20-18-26)33-22-24-11-8-6-9-12-24/h6,8-9,11-20,23H,3-5,7,10,21-22H2,1-2H3/t23-/m0/s1. The van der Waals surface area contributed by atoms with Gasteiger partial charge in [-0.3, -0.25) is 9.59 Å². The Morgan fingerprint density at radius 2 is 1.44 bits per heavy atom. The van der Waals surface area contributed by atoms with Crippen LogP contribution in [-0.2, 0) is 16.1 Å². The highest BCUT2D eigenvalue weighted by Crippen LogP contribution is 2.24. The van der Waals surface area contributed by atoms with Gasteiger partial charge in [-0.15, -0.1) is 0 Å². The molecule has 0 aliphatic heterocycles. The zero-order valence-corrected chi connectivity index (χ0v) is 20.2. The van der Waals surface area contributed by atoms with Crippen molar-refractivity contribution in [3.05, 3.63) is 90.0 Å². The van der Waals surface area contributed by atoms with Crippen LogP contribution in [0.15, 0.2) is 78.9 Å². The molecule has 0 fully saturated rings. The summed E-state index contributed by atoms with van der Waals surface area (Å²) < 4.78 is 11.2. The van der Waals surface area contributed by atoms with E-state index in [0.717, 1.165) is 41.7 Å². The SMILES string of the molecule is CCCCCC[C@H](C)OC(=O)CC(=O)c1ccc(-c2ccc(OCc3ccccc3)cc2)cc1. The molecule has 0 unspecified atom stereocenters. The first kappa shape index (κ1) is 25.2. The van der Waals surface area contributed by atoms with Crippen LogP contribution in [0.2, 0.25) is 0 Å². The van der Waals surface area contributed by atoms with Gasteiger partial charge in [0.05, 0.1) is 6.10 Å². The topological polar surface area (TPSA) is 52.6 Å². The largest absolute Gasteiger partial charge is 0.489 e. The summed E-state index contributed by atoms with van der Waals surface area (Å²) in [7, 11) is 0. The van der Waals surface area contributed by atoms with E-state index in [0.29, 0.717) is 12.2 Å². The number of carbonyl (C=O) groups is 2. The molecule has 0 N–H and O–H groups in total. The Morgan fingerprint density at radius 1 is 0.794 bits per heavy atom. The van der Waals surface area contributed by atoms with E-state index in [1.165, 1.54) is 12.8 Å². The summed E-state index contributed by atoms with van der Waals surface area (Å²) in [6, 6.07) is 25.2. The lowest BCUT2D eigenvalue weighted by atomic mass is 10.0. The quantitative estimate of drug-likeness (QED) is 0.116. The molecule has 1 atom stereocenters. The van der Waals surface area contributed by atoms with Gasteiger partial charge in [0.2, 0.25) is 0 Å². The van der Waals surface area contributed by atoms with Crippen molar-refractivity contribution in [1.29, 1.82) is 0 Å². The highest BCUT2D eigenvalue weighted by molar-refractivity contribution is 6.06. The molecular weight excluding hydrogens is 424 g/mol. The van der Waals surface area contributed by atoms with E-state index < -0.39 is 5.97 Å². The molecule has 0 amide bonds. The number of hydrogen-bond acceptors (Lipinski definition) is 4. The predicted molar refractivity (Wildman–Crippen MR) is 136 cm³/mol. The minimum Gasteiger partial charge on any atom is -0.489 e. The summed E-state index contributed by atoms with van der Waals surface area (Å²) in [4.78, 5) is 24.6. The van der Waals surface area contributed by atoms with Gasteiger partial charge in [-0.2, -0.15) is 0 Å². The number of carbonyl (C=O) groups excluding carboxylic acids is 2. The first-order valence-electron chi connectivity index (χ1n) is 12.1. The molecule has 178 valence electrons. The van der Waals surface area contributed by atoms with Crippen molar-refractivity contribution in [2.24, 2.45) is 0 Å². The summed E-state index contributed by atoms with van der Waals surface area (Å²) in [6.07, 6.45) is 5.01. The van der Waals surface area contributed by atoms with Gasteiger partial charge >= 0.3 is 5.97 Å². The smallest absolute Gasteiger partial charge is 0.313 e. The van der Waals surface area contributed by atoms with E-state index in [9.17, 15) is 9.59 Å². The summed E-state index contributed by atoms with van der Waals surface area (Å²) in [6.45, 7) is 4.58. The number of ketones is 1. The van der Waals surface area contributed by atoms with Gasteiger partial charge in [-0.1, -0.05) is 92.9 Å². The number of Topliss-reactive ketones (excluding diaryl/α,β-unsaturated/α-hetero) is 1. The maximum Gasteiger partial charge on any atom is 0.313 e.